The second-order valence-electron chi connectivity index (χ2n) is 4.81. The molecule has 1 fully saturated rings. The maximum absolute atomic E-state index is 5.64. The second-order valence-corrected chi connectivity index (χ2v) is 4.81. The van der Waals surface area contributed by atoms with Gasteiger partial charge in [-0.15, -0.1) is 10.2 Å². The van der Waals surface area contributed by atoms with Gasteiger partial charge in [-0.25, -0.2) is 0 Å². The minimum atomic E-state index is 0.547. The zero-order valence-electron chi connectivity index (χ0n) is 10.7. The first-order chi connectivity index (χ1) is 8.72. The minimum absolute atomic E-state index is 0.547. The Hall–Kier alpha value is -1.62. The summed E-state index contributed by atoms with van der Waals surface area (Å²) in [5.41, 5.74) is 0.890. The molecule has 1 N–H and O–H groups in total. The first kappa shape index (κ1) is 11.5. The largest absolute Gasteiger partial charge is 0.466 e. The Morgan fingerprint density at radius 2 is 2.11 bits per heavy atom. The van der Waals surface area contributed by atoms with E-state index in [0.717, 1.165) is 30.0 Å². The third-order valence-corrected chi connectivity index (χ3v) is 3.09. The summed E-state index contributed by atoms with van der Waals surface area (Å²) >= 11 is 0. The van der Waals surface area contributed by atoms with Crippen molar-refractivity contribution < 1.29 is 8.83 Å². The molecular weight excluding hydrogens is 230 g/mol. The van der Waals surface area contributed by atoms with Crippen LogP contribution in [0.3, 0.4) is 0 Å². The minimum Gasteiger partial charge on any atom is -0.466 e. The van der Waals surface area contributed by atoms with Crippen molar-refractivity contribution >= 4 is 0 Å². The van der Waals surface area contributed by atoms with Crippen LogP contribution in [0.2, 0.25) is 0 Å². The van der Waals surface area contributed by atoms with Crippen molar-refractivity contribution in [1.29, 1.82) is 0 Å². The van der Waals surface area contributed by atoms with E-state index in [-0.39, 0.29) is 0 Å². The van der Waals surface area contributed by atoms with Gasteiger partial charge in [-0.05, 0) is 32.8 Å². The van der Waals surface area contributed by atoms with Gasteiger partial charge in [0.1, 0.15) is 11.5 Å². The molecule has 18 heavy (non-hydrogen) atoms. The van der Waals surface area contributed by atoms with E-state index < -0.39 is 0 Å². The quantitative estimate of drug-likeness (QED) is 0.877. The van der Waals surface area contributed by atoms with Crippen LogP contribution in [0.25, 0.3) is 11.5 Å². The molecule has 0 spiro atoms. The highest BCUT2D eigenvalue weighted by molar-refractivity contribution is 5.55. The van der Waals surface area contributed by atoms with Crippen LogP contribution in [-0.2, 0) is 6.42 Å². The highest BCUT2D eigenvalue weighted by Crippen LogP contribution is 2.25. The van der Waals surface area contributed by atoms with Crippen molar-refractivity contribution in [3.63, 3.8) is 0 Å². The SMILES string of the molecule is Cc1cc(-c2nnc(CCNC3CC3)o2)c(C)o1. The Labute approximate surface area is 106 Å². The number of nitrogens with zero attached hydrogens (tertiary/aromatic N) is 2. The zero-order valence-corrected chi connectivity index (χ0v) is 10.7. The summed E-state index contributed by atoms with van der Waals surface area (Å²) in [5.74, 6) is 2.90. The van der Waals surface area contributed by atoms with Crippen LogP contribution >= 0.6 is 0 Å². The predicted molar refractivity (Wildman–Crippen MR) is 66.2 cm³/mol. The molecule has 0 bridgehead atoms. The van der Waals surface area contributed by atoms with Crippen molar-refractivity contribution in [2.24, 2.45) is 0 Å². The highest BCUT2D eigenvalue weighted by Gasteiger charge is 2.20. The number of rotatable bonds is 5. The third-order valence-electron chi connectivity index (χ3n) is 3.09. The summed E-state index contributed by atoms with van der Waals surface area (Å²) in [5, 5.41) is 11.6. The average Bonchev–Trinajstić information content (AvgIpc) is 2.92. The van der Waals surface area contributed by atoms with Gasteiger partial charge in [-0.3, -0.25) is 0 Å². The number of hydrogen-bond donors (Lipinski definition) is 1. The summed E-state index contributed by atoms with van der Waals surface area (Å²) in [6, 6.07) is 2.64. The molecule has 5 heteroatoms. The summed E-state index contributed by atoms with van der Waals surface area (Å²) in [6.07, 6.45) is 3.37. The van der Waals surface area contributed by atoms with Crippen LogP contribution < -0.4 is 5.32 Å². The normalized spacial score (nSPS) is 15.2. The Morgan fingerprint density at radius 1 is 1.28 bits per heavy atom. The van der Waals surface area contributed by atoms with Gasteiger partial charge in [0.05, 0.1) is 5.56 Å². The van der Waals surface area contributed by atoms with Gasteiger partial charge in [0.2, 0.25) is 5.89 Å². The Balaban J connectivity index is 1.66. The molecule has 2 aromatic heterocycles. The van der Waals surface area contributed by atoms with Gasteiger partial charge in [-0.1, -0.05) is 0 Å². The fourth-order valence-corrected chi connectivity index (χ4v) is 1.98. The molecule has 0 unspecified atom stereocenters. The molecule has 0 aromatic carbocycles. The fraction of sp³-hybridized carbons (Fsp3) is 0.538. The van der Waals surface area contributed by atoms with Gasteiger partial charge in [0, 0.05) is 19.0 Å². The van der Waals surface area contributed by atoms with Gasteiger partial charge >= 0.3 is 0 Å². The summed E-state index contributed by atoms with van der Waals surface area (Å²) in [4.78, 5) is 0. The van der Waals surface area contributed by atoms with E-state index in [4.69, 9.17) is 8.83 Å². The number of nitrogens with one attached hydrogen (secondary N) is 1. The lowest BCUT2D eigenvalue weighted by Crippen LogP contribution is -2.19. The molecule has 1 aliphatic carbocycles. The lowest BCUT2D eigenvalue weighted by atomic mass is 10.2. The van der Waals surface area contributed by atoms with Crippen molar-refractivity contribution in [3.8, 4) is 11.5 Å². The predicted octanol–water partition coefficient (Wildman–Crippen LogP) is 2.24. The van der Waals surface area contributed by atoms with Crippen LogP contribution in [0.4, 0.5) is 0 Å². The van der Waals surface area contributed by atoms with E-state index in [2.05, 4.69) is 15.5 Å². The van der Waals surface area contributed by atoms with Crippen LogP contribution in [-0.4, -0.2) is 22.8 Å². The second kappa shape index (κ2) is 4.57. The van der Waals surface area contributed by atoms with E-state index >= 15 is 0 Å². The smallest absolute Gasteiger partial charge is 0.251 e. The molecule has 96 valence electrons. The van der Waals surface area contributed by atoms with Gasteiger partial charge < -0.3 is 14.2 Å². The maximum atomic E-state index is 5.64. The topological polar surface area (TPSA) is 64.1 Å². The van der Waals surface area contributed by atoms with Gasteiger partial charge in [0.15, 0.2) is 0 Å². The standard InChI is InChI=1S/C13H17N3O2/c1-8-7-11(9(2)17-8)13-16-15-12(18-13)5-6-14-10-3-4-10/h7,10,14H,3-6H2,1-2H3. The molecule has 0 radical (unpaired) electrons. The van der Waals surface area contributed by atoms with Crippen molar-refractivity contribution in [1.82, 2.24) is 15.5 Å². The summed E-state index contributed by atoms with van der Waals surface area (Å²) in [6.45, 7) is 4.71. The van der Waals surface area contributed by atoms with Crippen LogP contribution in [0, 0.1) is 13.8 Å². The Morgan fingerprint density at radius 3 is 2.78 bits per heavy atom. The van der Waals surface area contributed by atoms with E-state index in [0.29, 0.717) is 17.8 Å². The molecule has 0 amide bonds. The van der Waals surface area contributed by atoms with E-state index in [9.17, 15) is 0 Å². The monoisotopic (exact) mass is 247 g/mol. The Kier molecular flexibility index (Phi) is 2.91. The lowest BCUT2D eigenvalue weighted by Gasteiger charge is -1.97. The Bertz CT molecular complexity index is 540. The van der Waals surface area contributed by atoms with Crippen molar-refractivity contribution in [3.05, 3.63) is 23.5 Å². The molecule has 5 nitrogen and oxygen atoms in total. The molecule has 0 saturated heterocycles. The number of hydrogen-bond acceptors (Lipinski definition) is 5. The average molecular weight is 247 g/mol. The van der Waals surface area contributed by atoms with E-state index in [1.165, 1.54) is 12.8 Å². The maximum Gasteiger partial charge on any atom is 0.251 e. The van der Waals surface area contributed by atoms with Crippen molar-refractivity contribution in [2.75, 3.05) is 6.54 Å². The summed E-state index contributed by atoms with van der Waals surface area (Å²) < 4.78 is 11.1. The molecule has 0 aliphatic heterocycles. The molecule has 2 aromatic rings. The number of aromatic nitrogens is 2. The molecule has 0 atom stereocenters. The number of furan rings is 1. The fourth-order valence-electron chi connectivity index (χ4n) is 1.98. The molecule has 1 saturated carbocycles. The third kappa shape index (κ3) is 2.46. The molecular formula is C13H17N3O2. The van der Waals surface area contributed by atoms with E-state index in [1.807, 2.05) is 19.9 Å². The van der Waals surface area contributed by atoms with Crippen molar-refractivity contribution in [2.45, 2.75) is 39.2 Å². The van der Waals surface area contributed by atoms with Crippen LogP contribution in [0.5, 0.6) is 0 Å². The molecule has 2 heterocycles. The molecule has 1 aliphatic rings. The zero-order chi connectivity index (χ0) is 12.5. The highest BCUT2D eigenvalue weighted by atomic mass is 16.4. The van der Waals surface area contributed by atoms with Crippen LogP contribution in [0.15, 0.2) is 14.9 Å². The number of aryl methyl sites for hydroxylation is 2. The molecule has 3 rings (SSSR count). The van der Waals surface area contributed by atoms with Gasteiger partial charge in [0.25, 0.3) is 5.89 Å². The van der Waals surface area contributed by atoms with E-state index in [1.54, 1.807) is 0 Å². The van der Waals surface area contributed by atoms with Gasteiger partial charge in [-0.2, -0.15) is 0 Å². The lowest BCUT2D eigenvalue weighted by molar-refractivity contribution is 0.487. The summed E-state index contributed by atoms with van der Waals surface area (Å²) in [7, 11) is 0. The van der Waals surface area contributed by atoms with Crippen LogP contribution in [0.1, 0.15) is 30.3 Å². The first-order valence-electron chi connectivity index (χ1n) is 6.35. The first-order valence-corrected chi connectivity index (χ1v) is 6.35.